The molecule has 0 bridgehead atoms. The van der Waals surface area contributed by atoms with E-state index < -0.39 is 0 Å². The summed E-state index contributed by atoms with van der Waals surface area (Å²) >= 11 is 0. The highest BCUT2D eigenvalue weighted by Crippen LogP contribution is 2.31. The lowest BCUT2D eigenvalue weighted by atomic mass is 9.83. The first-order valence-electron chi connectivity index (χ1n) is 12.8. The number of hydrogen-bond donors (Lipinski definition) is 4. The molecule has 0 aromatic heterocycles. The third-order valence-electron chi connectivity index (χ3n) is 6.05. The van der Waals surface area contributed by atoms with Gasteiger partial charge in [-0.1, -0.05) is 0 Å². The Balaban J connectivity index is 1.57. The number of anilines is 2. The third kappa shape index (κ3) is 8.29. The van der Waals surface area contributed by atoms with Gasteiger partial charge in [-0.05, 0) is 62.3 Å². The molecule has 0 fully saturated rings. The predicted octanol–water partition coefficient (Wildman–Crippen LogP) is 2.37. The van der Waals surface area contributed by atoms with Gasteiger partial charge in [-0.15, -0.1) is 0 Å². The minimum absolute atomic E-state index is 0.190. The van der Waals surface area contributed by atoms with Crippen molar-refractivity contribution in [1.82, 2.24) is 10.6 Å². The molecule has 2 aromatic rings. The first-order chi connectivity index (χ1) is 18.4. The monoisotopic (exact) mass is 524 g/mol. The number of ketones is 2. The summed E-state index contributed by atoms with van der Waals surface area (Å²) in [6, 6.07) is 9.42. The van der Waals surface area contributed by atoms with Crippen molar-refractivity contribution in [3.63, 3.8) is 0 Å². The fraction of sp³-hybridized carbons (Fsp3) is 0.429. The van der Waals surface area contributed by atoms with Gasteiger partial charge in [0.15, 0.2) is 11.6 Å². The van der Waals surface area contributed by atoms with Crippen molar-refractivity contribution in [2.24, 2.45) is 0 Å². The number of carbonyl (C=O) groups is 4. The number of amides is 2. The lowest BCUT2D eigenvalue weighted by Crippen LogP contribution is -2.25. The predicted molar refractivity (Wildman–Crippen MR) is 145 cm³/mol. The molecule has 0 heterocycles. The van der Waals surface area contributed by atoms with Gasteiger partial charge in [-0.3, -0.25) is 19.2 Å². The molecule has 204 valence electrons. The van der Waals surface area contributed by atoms with E-state index in [9.17, 15) is 19.2 Å². The van der Waals surface area contributed by atoms with E-state index in [0.29, 0.717) is 37.7 Å². The summed E-state index contributed by atoms with van der Waals surface area (Å²) in [5.41, 5.74) is 1.94. The molecule has 4 N–H and O–H groups in total. The number of rotatable bonds is 16. The Kier molecular flexibility index (Phi) is 11.6. The molecule has 10 nitrogen and oxygen atoms in total. The zero-order chi connectivity index (χ0) is 27.3. The van der Waals surface area contributed by atoms with E-state index in [0.717, 1.165) is 25.9 Å². The van der Waals surface area contributed by atoms with E-state index in [4.69, 9.17) is 9.47 Å². The first-order valence-corrected chi connectivity index (χ1v) is 12.8. The minimum Gasteiger partial charge on any atom is -0.385 e. The normalized spacial score (nSPS) is 12.2. The lowest BCUT2D eigenvalue weighted by molar-refractivity contribution is -0.116. The molecule has 38 heavy (non-hydrogen) atoms. The van der Waals surface area contributed by atoms with Crippen LogP contribution in [0.25, 0.3) is 0 Å². The average molecular weight is 525 g/mol. The van der Waals surface area contributed by atoms with Crippen LogP contribution >= 0.6 is 0 Å². The van der Waals surface area contributed by atoms with Crippen LogP contribution in [-0.2, 0) is 19.1 Å². The highest BCUT2D eigenvalue weighted by Gasteiger charge is 2.30. The number of hydrogen-bond acceptors (Lipinski definition) is 8. The van der Waals surface area contributed by atoms with E-state index in [-0.39, 0.29) is 58.5 Å². The van der Waals surface area contributed by atoms with Crippen LogP contribution in [0.3, 0.4) is 0 Å². The molecule has 0 saturated carbocycles. The summed E-state index contributed by atoms with van der Waals surface area (Å²) in [4.78, 5) is 50.9. The molecule has 2 amide bonds. The van der Waals surface area contributed by atoms with Crippen LogP contribution in [0.15, 0.2) is 36.4 Å². The molecule has 1 aliphatic rings. The maximum Gasteiger partial charge on any atom is 0.225 e. The smallest absolute Gasteiger partial charge is 0.225 e. The van der Waals surface area contributed by atoms with Gasteiger partial charge in [0.2, 0.25) is 11.8 Å². The van der Waals surface area contributed by atoms with E-state index in [1.807, 2.05) is 0 Å². The van der Waals surface area contributed by atoms with Crippen molar-refractivity contribution >= 4 is 34.8 Å². The van der Waals surface area contributed by atoms with Crippen molar-refractivity contribution in [3.05, 3.63) is 58.7 Å². The molecule has 0 aliphatic heterocycles. The zero-order valence-electron chi connectivity index (χ0n) is 22.0. The van der Waals surface area contributed by atoms with Crippen LogP contribution < -0.4 is 21.3 Å². The molecule has 0 unspecified atom stereocenters. The summed E-state index contributed by atoms with van der Waals surface area (Å²) in [7, 11) is 3.29. The topological polar surface area (TPSA) is 135 Å². The van der Waals surface area contributed by atoms with Crippen molar-refractivity contribution in [2.45, 2.75) is 25.7 Å². The molecule has 1 aliphatic carbocycles. The molecular weight excluding hydrogens is 488 g/mol. The second-order valence-corrected chi connectivity index (χ2v) is 8.97. The maximum absolute atomic E-state index is 13.2. The van der Waals surface area contributed by atoms with Crippen molar-refractivity contribution in [2.75, 3.05) is 64.2 Å². The summed E-state index contributed by atoms with van der Waals surface area (Å²) < 4.78 is 9.97. The van der Waals surface area contributed by atoms with Crippen LogP contribution in [0.4, 0.5) is 11.4 Å². The van der Waals surface area contributed by atoms with Gasteiger partial charge in [-0.2, -0.15) is 0 Å². The van der Waals surface area contributed by atoms with Crippen molar-refractivity contribution < 1.29 is 28.7 Å². The standard InChI is InChI=1S/C28H36N4O6/c1-37-15-3-11-29-13-9-25(33)31-19-5-7-21-23(17-19)27(35)22-8-6-20(18-24(22)28(21)36)32-26(34)10-14-30-12-4-16-38-2/h5-8,17-18,29-30H,3-4,9-16H2,1-2H3,(H,31,33)(H,32,34). The number of carbonyl (C=O) groups excluding carboxylic acids is 4. The Hall–Kier alpha value is -3.44. The van der Waals surface area contributed by atoms with Gasteiger partial charge in [0.1, 0.15) is 0 Å². The van der Waals surface area contributed by atoms with Crippen molar-refractivity contribution in [1.29, 1.82) is 0 Å². The summed E-state index contributed by atoms with van der Waals surface area (Å²) in [6.45, 7) is 3.88. The largest absolute Gasteiger partial charge is 0.385 e. The average Bonchev–Trinajstić information content (AvgIpc) is 2.91. The second kappa shape index (κ2) is 15.1. The Bertz CT molecular complexity index is 1060. The molecule has 0 radical (unpaired) electrons. The zero-order valence-corrected chi connectivity index (χ0v) is 22.0. The second-order valence-electron chi connectivity index (χ2n) is 8.97. The molecule has 10 heteroatoms. The van der Waals surface area contributed by atoms with E-state index in [1.165, 1.54) is 12.1 Å². The maximum atomic E-state index is 13.2. The number of nitrogens with one attached hydrogen (secondary N) is 4. The van der Waals surface area contributed by atoms with Crippen LogP contribution in [0.2, 0.25) is 0 Å². The molecule has 0 saturated heterocycles. The number of fused-ring (bicyclic) bond motifs is 2. The quantitative estimate of drug-likeness (QED) is 0.210. The van der Waals surface area contributed by atoms with E-state index >= 15 is 0 Å². The Morgan fingerprint density at radius 2 is 1.05 bits per heavy atom. The Morgan fingerprint density at radius 1 is 0.632 bits per heavy atom. The summed E-state index contributed by atoms with van der Waals surface area (Å²) in [5, 5.41) is 11.9. The van der Waals surface area contributed by atoms with Gasteiger partial charge >= 0.3 is 0 Å². The number of ether oxygens (including phenoxy) is 2. The van der Waals surface area contributed by atoms with E-state index in [1.54, 1.807) is 38.5 Å². The summed E-state index contributed by atoms with van der Waals surface area (Å²) in [5.74, 6) is -0.984. The lowest BCUT2D eigenvalue weighted by Gasteiger charge is -2.19. The fourth-order valence-electron chi connectivity index (χ4n) is 4.09. The third-order valence-corrected chi connectivity index (χ3v) is 6.05. The Morgan fingerprint density at radius 3 is 1.45 bits per heavy atom. The number of benzene rings is 2. The van der Waals surface area contributed by atoms with Crippen molar-refractivity contribution in [3.8, 4) is 0 Å². The Labute approximate surface area is 222 Å². The van der Waals surface area contributed by atoms with Gasteiger partial charge in [0, 0.05) is 87.0 Å². The molecular formula is C28H36N4O6. The highest BCUT2D eigenvalue weighted by molar-refractivity contribution is 6.29. The first kappa shape index (κ1) is 29.1. The van der Waals surface area contributed by atoms with Crippen LogP contribution in [0, 0.1) is 0 Å². The summed E-state index contributed by atoms with van der Waals surface area (Å²) in [6.07, 6.45) is 2.28. The van der Waals surface area contributed by atoms with Gasteiger partial charge in [0.05, 0.1) is 0 Å². The molecule has 3 rings (SSSR count). The van der Waals surface area contributed by atoms with Gasteiger partial charge in [0.25, 0.3) is 0 Å². The van der Waals surface area contributed by atoms with Crippen LogP contribution in [0.1, 0.15) is 57.5 Å². The molecule has 0 atom stereocenters. The van der Waals surface area contributed by atoms with Gasteiger partial charge < -0.3 is 30.7 Å². The van der Waals surface area contributed by atoms with Crippen LogP contribution in [-0.4, -0.2) is 77.0 Å². The SMILES string of the molecule is COCCCNCCC(=O)Nc1ccc2c(c1)C(=O)c1ccc(NC(=O)CCNCCCOC)cc1C2=O. The van der Waals surface area contributed by atoms with Crippen LogP contribution in [0.5, 0.6) is 0 Å². The molecule has 2 aromatic carbocycles. The van der Waals surface area contributed by atoms with Gasteiger partial charge in [-0.25, -0.2) is 0 Å². The highest BCUT2D eigenvalue weighted by atomic mass is 16.5. The minimum atomic E-state index is -0.302. The molecule has 0 spiro atoms. The van der Waals surface area contributed by atoms with E-state index in [2.05, 4.69) is 21.3 Å². The number of methoxy groups -OCH3 is 2. The fourth-order valence-corrected chi connectivity index (χ4v) is 4.09.